The molecule has 0 spiro atoms. The molecule has 0 saturated carbocycles. The van der Waals surface area contributed by atoms with Crippen molar-refractivity contribution < 1.29 is 4.79 Å². The monoisotopic (exact) mass is 338 g/mol. The number of para-hydroxylation sites is 2. The van der Waals surface area contributed by atoms with Crippen LogP contribution in [-0.2, 0) is 11.3 Å². The van der Waals surface area contributed by atoms with Crippen LogP contribution in [0.5, 0.6) is 0 Å². The Morgan fingerprint density at radius 2 is 2.08 bits per heavy atom. The number of fused-ring (bicyclic) bond motifs is 1. The second-order valence-corrected chi connectivity index (χ2v) is 5.46. The predicted molar refractivity (Wildman–Crippen MR) is 90.8 cm³/mol. The number of hydrogen-bond donors (Lipinski definition) is 1. The molecule has 24 heavy (non-hydrogen) atoms. The Morgan fingerprint density at radius 3 is 2.88 bits per heavy atom. The molecule has 6 nitrogen and oxygen atoms in total. The highest BCUT2D eigenvalue weighted by Crippen LogP contribution is 2.20. The molecule has 0 aliphatic carbocycles. The number of hydrogen-bond acceptors (Lipinski definition) is 4. The Bertz CT molecular complexity index is 1040. The van der Waals surface area contributed by atoms with Crippen molar-refractivity contribution in [3.8, 4) is 6.07 Å². The fourth-order valence-corrected chi connectivity index (χ4v) is 2.50. The van der Waals surface area contributed by atoms with E-state index in [1.807, 2.05) is 6.07 Å². The van der Waals surface area contributed by atoms with E-state index < -0.39 is 5.91 Å². The Balaban J connectivity index is 1.92. The summed E-state index contributed by atoms with van der Waals surface area (Å²) in [5.74, 6) is -0.438. The van der Waals surface area contributed by atoms with E-state index in [-0.39, 0.29) is 12.1 Å². The van der Waals surface area contributed by atoms with Crippen molar-refractivity contribution in [2.24, 2.45) is 0 Å². The van der Waals surface area contributed by atoms with E-state index in [0.717, 1.165) is 0 Å². The van der Waals surface area contributed by atoms with E-state index in [1.54, 1.807) is 30.3 Å². The van der Waals surface area contributed by atoms with Crippen LogP contribution in [0.15, 0.2) is 53.5 Å². The zero-order valence-corrected chi connectivity index (χ0v) is 13.1. The number of nitrogens with zero attached hydrogens (tertiary/aromatic N) is 3. The first-order valence-electron chi connectivity index (χ1n) is 7.02. The molecule has 0 radical (unpaired) electrons. The fourth-order valence-electron chi connectivity index (χ4n) is 2.33. The summed E-state index contributed by atoms with van der Waals surface area (Å²) in [5, 5.41) is 12.1. The summed E-state index contributed by atoms with van der Waals surface area (Å²) < 4.78 is 1.33. The molecule has 1 amide bonds. The van der Waals surface area contributed by atoms with E-state index in [4.69, 9.17) is 16.9 Å². The molecule has 3 rings (SSSR count). The maximum absolute atomic E-state index is 12.3. The first-order valence-corrected chi connectivity index (χ1v) is 7.40. The van der Waals surface area contributed by atoms with Crippen LogP contribution >= 0.6 is 11.6 Å². The predicted octanol–water partition coefficient (Wildman–Crippen LogP) is 2.56. The zero-order valence-electron chi connectivity index (χ0n) is 12.4. The van der Waals surface area contributed by atoms with Crippen LogP contribution in [0.3, 0.4) is 0 Å². The van der Waals surface area contributed by atoms with Crippen LogP contribution < -0.4 is 10.9 Å². The first-order chi connectivity index (χ1) is 11.6. The van der Waals surface area contributed by atoms with Crippen molar-refractivity contribution in [2.75, 3.05) is 5.32 Å². The van der Waals surface area contributed by atoms with Crippen molar-refractivity contribution in [3.63, 3.8) is 0 Å². The lowest BCUT2D eigenvalue weighted by Crippen LogP contribution is -2.28. The molecule has 1 N–H and O–H groups in total. The molecule has 0 bridgehead atoms. The maximum atomic E-state index is 12.3. The summed E-state index contributed by atoms with van der Waals surface area (Å²) in [6, 6.07) is 13.6. The number of carbonyl (C=O) groups excluding carboxylic acids is 1. The van der Waals surface area contributed by atoms with E-state index in [2.05, 4.69) is 10.3 Å². The van der Waals surface area contributed by atoms with Gasteiger partial charge in [0.05, 0.1) is 28.5 Å². The number of halogens is 1. The van der Waals surface area contributed by atoms with Gasteiger partial charge in [-0.2, -0.15) is 5.26 Å². The number of aromatic nitrogens is 2. The number of anilines is 1. The van der Waals surface area contributed by atoms with Crippen LogP contribution in [0.1, 0.15) is 5.56 Å². The van der Waals surface area contributed by atoms with Crippen molar-refractivity contribution in [2.45, 2.75) is 6.54 Å². The Kier molecular flexibility index (Phi) is 4.27. The van der Waals surface area contributed by atoms with E-state index >= 15 is 0 Å². The van der Waals surface area contributed by atoms with Gasteiger partial charge in [0.1, 0.15) is 12.6 Å². The van der Waals surface area contributed by atoms with E-state index in [0.29, 0.717) is 27.3 Å². The van der Waals surface area contributed by atoms with Gasteiger partial charge >= 0.3 is 0 Å². The Hall–Kier alpha value is -3.17. The average Bonchev–Trinajstić information content (AvgIpc) is 2.58. The normalized spacial score (nSPS) is 10.3. The molecular weight excluding hydrogens is 328 g/mol. The van der Waals surface area contributed by atoms with Gasteiger partial charge in [-0.25, -0.2) is 4.98 Å². The molecule has 7 heteroatoms. The van der Waals surface area contributed by atoms with Crippen molar-refractivity contribution in [3.05, 3.63) is 69.6 Å². The van der Waals surface area contributed by atoms with E-state index in [1.165, 1.54) is 22.9 Å². The fraction of sp³-hybridized carbons (Fsp3) is 0.0588. The lowest BCUT2D eigenvalue weighted by Gasteiger charge is -2.11. The third-order valence-electron chi connectivity index (χ3n) is 3.43. The van der Waals surface area contributed by atoms with Gasteiger partial charge in [0.25, 0.3) is 5.56 Å². The largest absolute Gasteiger partial charge is 0.323 e. The van der Waals surface area contributed by atoms with Gasteiger partial charge < -0.3 is 5.32 Å². The van der Waals surface area contributed by atoms with Crippen LogP contribution in [0.4, 0.5) is 5.69 Å². The molecule has 1 heterocycles. The van der Waals surface area contributed by atoms with Crippen LogP contribution in [0.2, 0.25) is 5.02 Å². The molecule has 0 saturated heterocycles. The number of amides is 1. The number of nitriles is 1. The molecule has 0 fully saturated rings. The Morgan fingerprint density at radius 1 is 1.29 bits per heavy atom. The summed E-state index contributed by atoms with van der Waals surface area (Å²) in [4.78, 5) is 28.4. The van der Waals surface area contributed by atoms with Gasteiger partial charge in [-0.15, -0.1) is 0 Å². The highest BCUT2D eigenvalue weighted by molar-refractivity contribution is 6.31. The maximum Gasteiger partial charge on any atom is 0.269 e. The Labute approximate surface area is 141 Å². The number of rotatable bonds is 3. The average molecular weight is 339 g/mol. The molecule has 1 aromatic heterocycles. The second kappa shape index (κ2) is 6.52. The van der Waals surface area contributed by atoms with Crippen molar-refractivity contribution in [1.29, 1.82) is 5.26 Å². The SMILES string of the molecule is N#Cc1ccc(Cl)cc1NC(=O)Cn1c(=O)cnc2ccccc21. The van der Waals surface area contributed by atoms with Gasteiger partial charge in [0, 0.05) is 5.02 Å². The van der Waals surface area contributed by atoms with Gasteiger partial charge in [0.2, 0.25) is 5.91 Å². The smallest absolute Gasteiger partial charge is 0.269 e. The summed E-state index contributed by atoms with van der Waals surface area (Å²) in [7, 11) is 0. The van der Waals surface area contributed by atoms with Gasteiger partial charge in [-0.1, -0.05) is 23.7 Å². The number of nitrogens with one attached hydrogen (secondary N) is 1. The minimum Gasteiger partial charge on any atom is -0.323 e. The molecule has 0 atom stereocenters. The van der Waals surface area contributed by atoms with Crippen molar-refractivity contribution >= 4 is 34.2 Å². The molecule has 2 aromatic carbocycles. The van der Waals surface area contributed by atoms with Crippen molar-refractivity contribution in [1.82, 2.24) is 9.55 Å². The molecule has 0 unspecified atom stereocenters. The molecule has 0 aliphatic rings. The van der Waals surface area contributed by atoms with Crippen LogP contribution in [-0.4, -0.2) is 15.5 Å². The molecule has 118 valence electrons. The van der Waals surface area contributed by atoms with E-state index in [9.17, 15) is 9.59 Å². The summed E-state index contributed by atoms with van der Waals surface area (Å²) >= 11 is 5.90. The molecular formula is C17H11ClN4O2. The zero-order chi connectivity index (χ0) is 17.1. The van der Waals surface area contributed by atoms with Crippen LogP contribution in [0, 0.1) is 11.3 Å². The first kappa shape index (κ1) is 15.7. The lowest BCUT2D eigenvalue weighted by atomic mass is 10.2. The topological polar surface area (TPSA) is 87.8 Å². The highest BCUT2D eigenvalue weighted by atomic mass is 35.5. The van der Waals surface area contributed by atoms with Crippen LogP contribution in [0.25, 0.3) is 11.0 Å². The minimum absolute atomic E-state index is 0.195. The molecule has 0 aliphatic heterocycles. The third-order valence-corrected chi connectivity index (χ3v) is 3.67. The number of carbonyl (C=O) groups is 1. The van der Waals surface area contributed by atoms with Gasteiger partial charge in [-0.05, 0) is 30.3 Å². The summed E-state index contributed by atoms with van der Waals surface area (Å²) in [5.41, 5.74) is 1.40. The highest BCUT2D eigenvalue weighted by Gasteiger charge is 2.11. The molecule has 3 aromatic rings. The van der Waals surface area contributed by atoms with Gasteiger partial charge in [0.15, 0.2) is 0 Å². The standard InChI is InChI=1S/C17H11ClN4O2/c18-12-6-5-11(8-19)14(7-12)21-16(23)10-22-15-4-2-1-3-13(15)20-9-17(22)24/h1-7,9H,10H2,(H,21,23). The third kappa shape index (κ3) is 3.12. The quantitative estimate of drug-likeness (QED) is 0.795. The summed E-state index contributed by atoms with van der Waals surface area (Å²) in [6.07, 6.45) is 1.18. The lowest BCUT2D eigenvalue weighted by molar-refractivity contribution is -0.116. The second-order valence-electron chi connectivity index (χ2n) is 5.02. The minimum atomic E-state index is -0.438. The number of benzene rings is 2. The summed E-state index contributed by atoms with van der Waals surface area (Å²) in [6.45, 7) is -0.195. The van der Waals surface area contributed by atoms with Gasteiger partial charge in [-0.3, -0.25) is 14.2 Å².